The molecule has 1 saturated heterocycles. The Labute approximate surface area is 187 Å². The summed E-state index contributed by atoms with van der Waals surface area (Å²) in [7, 11) is 0. The molecule has 31 heavy (non-hydrogen) atoms. The topological polar surface area (TPSA) is 73.5 Å². The Hall–Kier alpha value is -2.71. The maximum atomic E-state index is 12.4. The lowest BCUT2D eigenvalue weighted by Gasteiger charge is -2.35. The van der Waals surface area contributed by atoms with Gasteiger partial charge in [-0.2, -0.15) is 0 Å². The van der Waals surface area contributed by atoms with Crippen LogP contribution in [0.3, 0.4) is 0 Å². The Morgan fingerprint density at radius 1 is 1.13 bits per heavy atom. The highest BCUT2D eigenvalue weighted by Crippen LogP contribution is 2.24. The summed E-state index contributed by atoms with van der Waals surface area (Å²) in [4.78, 5) is 25.0. The van der Waals surface area contributed by atoms with Crippen LogP contribution in [0.4, 0.5) is 11.4 Å². The lowest BCUT2D eigenvalue weighted by Crippen LogP contribution is -2.46. The molecule has 1 aliphatic rings. The quantitative estimate of drug-likeness (QED) is 0.520. The summed E-state index contributed by atoms with van der Waals surface area (Å²) in [6.45, 7) is 10.2. The number of anilines is 2. The minimum absolute atomic E-state index is 0.0511. The first-order chi connectivity index (χ1) is 15.1. The number of aromatic amines is 1. The molecule has 0 spiro atoms. The van der Waals surface area contributed by atoms with Crippen molar-refractivity contribution in [1.29, 1.82) is 0 Å². The number of thioether (sulfide) groups is 1. The number of imidazole rings is 1. The van der Waals surface area contributed by atoms with Crippen LogP contribution in [0.25, 0.3) is 11.0 Å². The van der Waals surface area contributed by atoms with Crippen LogP contribution in [0.2, 0.25) is 0 Å². The van der Waals surface area contributed by atoms with Gasteiger partial charge < -0.3 is 24.8 Å². The summed E-state index contributed by atoms with van der Waals surface area (Å²) in [5.74, 6) is 1.05. The molecule has 164 valence electrons. The third kappa shape index (κ3) is 5.51. The van der Waals surface area contributed by atoms with Gasteiger partial charge in [-0.05, 0) is 49.9 Å². The number of nitrogens with one attached hydrogen (secondary N) is 2. The molecule has 8 heteroatoms. The van der Waals surface area contributed by atoms with Gasteiger partial charge in [0.1, 0.15) is 5.75 Å². The molecule has 1 aliphatic heterocycles. The first-order valence-corrected chi connectivity index (χ1v) is 11.8. The SMILES string of the molecule is CCOc1ccc2nc(SCC(=O)Nc3ccc(N4CCN(CC)CC4)cc3)[nH]c2c1. The summed E-state index contributed by atoms with van der Waals surface area (Å²) in [6, 6.07) is 13.9. The first-order valence-electron chi connectivity index (χ1n) is 10.8. The Morgan fingerprint density at radius 3 is 2.61 bits per heavy atom. The van der Waals surface area contributed by atoms with E-state index in [4.69, 9.17) is 4.74 Å². The van der Waals surface area contributed by atoms with Crippen molar-refractivity contribution in [3.8, 4) is 5.75 Å². The molecule has 4 rings (SSSR count). The monoisotopic (exact) mass is 439 g/mol. The van der Waals surface area contributed by atoms with Crippen molar-refractivity contribution in [1.82, 2.24) is 14.9 Å². The van der Waals surface area contributed by atoms with Gasteiger partial charge in [0.15, 0.2) is 5.16 Å². The average molecular weight is 440 g/mol. The molecule has 0 bridgehead atoms. The standard InChI is InChI=1S/C23H29N5O2S/c1-3-27-11-13-28(14-12-27)18-7-5-17(6-8-18)24-22(29)16-31-23-25-20-10-9-19(30-4-2)15-21(20)26-23/h5-10,15H,3-4,11-14,16H2,1-2H3,(H,24,29)(H,25,26). The number of aromatic nitrogens is 2. The Bertz CT molecular complexity index is 1010. The van der Waals surface area contributed by atoms with Gasteiger partial charge in [0.2, 0.25) is 5.91 Å². The molecule has 3 aromatic rings. The minimum Gasteiger partial charge on any atom is -0.494 e. The third-order valence-corrected chi connectivity index (χ3v) is 6.29. The second-order valence-electron chi connectivity index (χ2n) is 7.46. The van der Waals surface area contributed by atoms with Crippen molar-refractivity contribution in [2.45, 2.75) is 19.0 Å². The number of benzene rings is 2. The zero-order chi connectivity index (χ0) is 21.6. The Kier molecular flexibility index (Phi) is 6.99. The smallest absolute Gasteiger partial charge is 0.234 e. The van der Waals surface area contributed by atoms with Gasteiger partial charge >= 0.3 is 0 Å². The molecule has 0 unspecified atom stereocenters. The van der Waals surface area contributed by atoms with E-state index in [9.17, 15) is 4.79 Å². The fourth-order valence-corrected chi connectivity index (χ4v) is 4.38. The van der Waals surface area contributed by atoms with Gasteiger partial charge in [-0.3, -0.25) is 4.79 Å². The number of H-pyrrole nitrogens is 1. The van der Waals surface area contributed by atoms with Gasteiger partial charge in [-0.15, -0.1) is 0 Å². The van der Waals surface area contributed by atoms with Crippen molar-refractivity contribution in [3.63, 3.8) is 0 Å². The third-order valence-electron chi connectivity index (χ3n) is 5.42. The van der Waals surface area contributed by atoms with E-state index in [1.165, 1.54) is 17.4 Å². The van der Waals surface area contributed by atoms with E-state index in [1.54, 1.807) is 0 Å². The largest absolute Gasteiger partial charge is 0.494 e. The molecule has 0 radical (unpaired) electrons. The minimum atomic E-state index is -0.0511. The zero-order valence-electron chi connectivity index (χ0n) is 18.1. The number of likely N-dealkylation sites (N-methyl/N-ethyl adjacent to an activating group) is 1. The lowest BCUT2D eigenvalue weighted by atomic mass is 10.2. The predicted molar refractivity (Wildman–Crippen MR) is 127 cm³/mol. The highest BCUT2D eigenvalue weighted by molar-refractivity contribution is 7.99. The van der Waals surface area contributed by atoms with Crippen LogP contribution >= 0.6 is 11.8 Å². The van der Waals surface area contributed by atoms with Crippen molar-refractivity contribution in [2.24, 2.45) is 0 Å². The van der Waals surface area contributed by atoms with E-state index < -0.39 is 0 Å². The summed E-state index contributed by atoms with van der Waals surface area (Å²) in [5.41, 5.74) is 3.79. The highest BCUT2D eigenvalue weighted by atomic mass is 32.2. The average Bonchev–Trinajstić information content (AvgIpc) is 3.21. The van der Waals surface area contributed by atoms with Crippen LogP contribution in [0.5, 0.6) is 5.75 Å². The molecule has 2 N–H and O–H groups in total. The fourth-order valence-electron chi connectivity index (χ4n) is 3.70. The number of fused-ring (bicyclic) bond motifs is 1. The highest BCUT2D eigenvalue weighted by Gasteiger charge is 2.16. The summed E-state index contributed by atoms with van der Waals surface area (Å²) < 4.78 is 5.52. The van der Waals surface area contributed by atoms with Crippen molar-refractivity contribution < 1.29 is 9.53 Å². The van der Waals surface area contributed by atoms with Crippen LogP contribution in [0.1, 0.15) is 13.8 Å². The number of piperazine rings is 1. The number of carbonyl (C=O) groups is 1. The molecule has 2 heterocycles. The normalized spacial score (nSPS) is 14.7. The van der Waals surface area contributed by atoms with E-state index in [1.807, 2.05) is 37.3 Å². The number of amides is 1. The molecular weight excluding hydrogens is 410 g/mol. The molecule has 7 nitrogen and oxygen atoms in total. The molecule has 0 aliphatic carbocycles. The number of ether oxygens (including phenoxy) is 1. The van der Waals surface area contributed by atoms with Gasteiger partial charge in [-0.1, -0.05) is 18.7 Å². The number of hydrogen-bond donors (Lipinski definition) is 2. The van der Waals surface area contributed by atoms with Crippen LogP contribution in [-0.4, -0.2) is 65.9 Å². The van der Waals surface area contributed by atoms with Crippen LogP contribution < -0.4 is 15.0 Å². The maximum absolute atomic E-state index is 12.4. The van der Waals surface area contributed by atoms with E-state index in [-0.39, 0.29) is 5.91 Å². The number of rotatable bonds is 8. The maximum Gasteiger partial charge on any atom is 0.234 e. The van der Waals surface area contributed by atoms with E-state index in [0.29, 0.717) is 12.4 Å². The first kappa shape index (κ1) is 21.5. The lowest BCUT2D eigenvalue weighted by molar-refractivity contribution is -0.113. The van der Waals surface area contributed by atoms with Gasteiger partial charge in [0.25, 0.3) is 0 Å². The fraction of sp³-hybridized carbons (Fsp3) is 0.391. The molecule has 1 fully saturated rings. The second-order valence-corrected chi connectivity index (χ2v) is 8.42. The van der Waals surface area contributed by atoms with Gasteiger partial charge in [0, 0.05) is 43.6 Å². The number of carbonyl (C=O) groups excluding carboxylic acids is 1. The van der Waals surface area contributed by atoms with Gasteiger partial charge in [-0.25, -0.2) is 4.98 Å². The predicted octanol–water partition coefficient (Wildman–Crippen LogP) is 3.83. The molecule has 0 saturated carbocycles. The Balaban J connectivity index is 1.28. The summed E-state index contributed by atoms with van der Waals surface area (Å²) in [5, 5.41) is 3.69. The van der Waals surface area contributed by atoms with E-state index in [2.05, 4.69) is 44.1 Å². The van der Waals surface area contributed by atoms with Crippen molar-refractivity contribution in [2.75, 3.05) is 55.3 Å². The number of hydrogen-bond acceptors (Lipinski definition) is 6. The summed E-state index contributed by atoms with van der Waals surface area (Å²) >= 11 is 1.39. The zero-order valence-corrected chi connectivity index (χ0v) is 18.9. The Morgan fingerprint density at radius 2 is 1.90 bits per heavy atom. The molecule has 2 aromatic carbocycles. The van der Waals surface area contributed by atoms with E-state index >= 15 is 0 Å². The van der Waals surface area contributed by atoms with E-state index in [0.717, 1.165) is 60.4 Å². The second kappa shape index (κ2) is 10.1. The molecule has 1 amide bonds. The van der Waals surface area contributed by atoms with Crippen LogP contribution in [-0.2, 0) is 4.79 Å². The molecule has 0 atom stereocenters. The number of nitrogens with zero attached hydrogens (tertiary/aromatic N) is 3. The van der Waals surface area contributed by atoms with Crippen LogP contribution in [0.15, 0.2) is 47.6 Å². The molecule has 1 aromatic heterocycles. The van der Waals surface area contributed by atoms with Crippen LogP contribution in [0, 0.1) is 0 Å². The summed E-state index contributed by atoms with van der Waals surface area (Å²) in [6.07, 6.45) is 0. The molecular formula is C23H29N5O2S. The van der Waals surface area contributed by atoms with Gasteiger partial charge in [0.05, 0.1) is 23.4 Å². The van der Waals surface area contributed by atoms with Crippen molar-refractivity contribution in [3.05, 3.63) is 42.5 Å². The van der Waals surface area contributed by atoms with Crippen molar-refractivity contribution >= 4 is 40.1 Å².